The third-order valence-corrected chi connectivity index (χ3v) is 20.6. The van der Waals surface area contributed by atoms with E-state index in [0.29, 0.717) is 0 Å². The van der Waals surface area contributed by atoms with E-state index in [1.54, 1.807) is 0 Å². The van der Waals surface area contributed by atoms with Crippen LogP contribution in [-0.2, 0) is 21.7 Å². The molecule has 9 aromatic carbocycles. The minimum absolute atomic E-state index is 0.000310. The molecule has 0 saturated heterocycles. The molecule has 0 heterocycles. The molecule has 0 aromatic heterocycles. The summed E-state index contributed by atoms with van der Waals surface area (Å²) in [4.78, 5) is 7.31. The molecule has 2 saturated carbocycles. The van der Waals surface area contributed by atoms with Gasteiger partial charge in [0.15, 0.2) is 0 Å². The van der Waals surface area contributed by atoms with Crippen molar-refractivity contribution >= 4 is 51.2 Å². The van der Waals surface area contributed by atoms with Crippen molar-refractivity contribution in [2.24, 2.45) is 0 Å². The molecule has 0 spiro atoms. The predicted octanol–water partition coefficient (Wildman–Crippen LogP) is 23.2. The maximum atomic E-state index is 2.58. The standard InChI is InChI=1S/C80H89N3/c1-10-77(9,79(55-15-13-16-56-79)66-33-51-75(52-34-66)82(70-41-23-61(6)24-42-70)71-43-25-62(7)26-44-71)64-29-47-73(48-30-64)83(72-45-27-63(8)28-46-72)76-53-35-67(36-54-76)80(57-17-14-18-58-80)78(11-2,12-3)65-31-49-74(50-32-65)81(68-37-19-59(4)20-38-68)69-39-21-60(5)22-40-69/h19-54H,10-18,55-58H2,1-9H3. The molecule has 0 bridgehead atoms. The predicted molar refractivity (Wildman–Crippen MR) is 356 cm³/mol. The fourth-order valence-electron chi connectivity index (χ4n) is 15.5. The molecule has 2 fully saturated rings. The van der Waals surface area contributed by atoms with Crippen LogP contribution in [0, 0.1) is 34.6 Å². The zero-order valence-electron chi connectivity index (χ0n) is 51.3. The summed E-state index contributed by atoms with van der Waals surface area (Å²) in [7, 11) is 0. The van der Waals surface area contributed by atoms with Gasteiger partial charge in [-0.3, -0.25) is 0 Å². The van der Waals surface area contributed by atoms with Crippen molar-refractivity contribution in [1.82, 2.24) is 0 Å². The average molecular weight is 1090 g/mol. The molecule has 424 valence electrons. The van der Waals surface area contributed by atoms with Gasteiger partial charge in [-0.2, -0.15) is 0 Å². The number of rotatable bonds is 18. The molecule has 0 N–H and O–H groups in total. The minimum Gasteiger partial charge on any atom is -0.311 e. The maximum absolute atomic E-state index is 2.58. The Morgan fingerprint density at radius 1 is 0.277 bits per heavy atom. The van der Waals surface area contributed by atoms with Gasteiger partial charge in [0.25, 0.3) is 0 Å². The molecule has 1 atom stereocenters. The lowest BCUT2D eigenvalue weighted by atomic mass is 9.50. The third kappa shape index (κ3) is 10.9. The Balaban J connectivity index is 0.927. The summed E-state index contributed by atoms with van der Waals surface area (Å²) in [5, 5.41) is 0. The molecular weight excluding hydrogens is 1000 g/mol. The van der Waals surface area contributed by atoms with E-state index >= 15 is 0 Å². The van der Waals surface area contributed by atoms with E-state index in [1.165, 1.54) is 165 Å². The Morgan fingerprint density at radius 2 is 0.506 bits per heavy atom. The lowest BCUT2D eigenvalue weighted by Crippen LogP contribution is -2.50. The van der Waals surface area contributed by atoms with Gasteiger partial charge < -0.3 is 14.7 Å². The SMILES string of the molecule is CCC(C)(c1ccc(N(c2ccc(C)cc2)c2ccc(C3(C(CC)(CC)c4ccc(N(c5ccc(C)cc5)c5ccc(C)cc5)cc4)CCCCC3)cc2)cc1)C1(c2ccc(N(c3ccc(C)cc3)c3ccc(C)cc3)cc2)CCCCC1. The molecular formula is C80H89N3. The normalized spacial score (nSPS) is 15.7. The average Bonchev–Trinajstić information content (AvgIpc) is 3.68. The number of hydrogen-bond acceptors (Lipinski definition) is 3. The Labute approximate surface area is 499 Å². The second-order valence-corrected chi connectivity index (χ2v) is 25.1. The van der Waals surface area contributed by atoms with Crippen LogP contribution in [0.15, 0.2) is 218 Å². The van der Waals surface area contributed by atoms with E-state index in [-0.39, 0.29) is 21.7 Å². The largest absolute Gasteiger partial charge is 0.311 e. The summed E-state index contributed by atoms with van der Waals surface area (Å²) in [6.07, 6.45) is 15.6. The van der Waals surface area contributed by atoms with E-state index in [0.717, 1.165) is 19.3 Å². The Morgan fingerprint density at radius 3 is 0.771 bits per heavy atom. The molecule has 0 amide bonds. The van der Waals surface area contributed by atoms with Crippen LogP contribution in [0.25, 0.3) is 0 Å². The highest BCUT2D eigenvalue weighted by Crippen LogP contribution is 2.58. The van der Waals surface area contributed by atoms with Gasteiger partial charge in [-0.15, -0.1) is 0 Å². The Hall–Kier alpha value is -7.62. The Bertz CT molecular complexity index is 3430. The third-order valence-electron chi connectivity index (χ3n) is 20.6. The summed E-state index contributed by atoms with van der Waals surface area (Å²) < 4.78 is 0. The zero-order chi connectivity index (χ0) is 57.8. The summed E-state index contributed by atoms with van der Waals surface area (Å²) in [5.74, 6) is 0. The monoisotopic (exact) mass is 1090 g/mol. The van der Waals surface area contributed by atoms with E-state index in [1.807, 2.05) is 0 Å². The minimum atomic E-state index is -0.0847. The number of aryl methyl sites for hydroxylation is 5. The quantitative estimate of drug-likeness (QED) is 0.0848. The number of anilines is 9. The topological polar surface area (TPSA) is 9.72 Å². The summed E-state index contributed by atoms with van der Waals surface area (Å²) in [6, 6.07) is 84.2. The van der Waals surface area contributed by atoms with Crippen LogP contribution in [0.2, 0.25) is 0 Å². The first-order valence-electron chi connectivity index (χ1n) is 31.5. The first-order chi connectivity index (χ1) is 40.3. The maximum Gasteiger partial charge on any atom is 0.0461 e. The van der Waals surface area contributed by atoms with Gasteiger partial charge in [0.2, 0.25) is 0 Å². The molecule has 2 aliphatic rings. The fraction of sp³-hybridized carbons (Fsp3) is 0.325. The van der Waals surface area contributed by atoms with Crippen LogP contribution >= 0.6 is 0 Å². The first kappa shape index (κ1) is 57.2. The molecule has 1 unspecified atom stereocenters. The van der Waals surface area contributed by atoms with Crippen LogP contribution in [0.3, 0.4) is 0 Å². The van der Waals surface area contributed by atoms with Crippen molar-refractivity contribution in [3.63, 3.8) is 0 Å². The molecule has 11 rings (SSSR count). The lowest BCUT2D eigenvalue weighted by molar-refractivity contribution is 0.136. The van der Waals surface area contributed by atoms with Crippen molar-refractivity contribution < 1.29 is 0 Å². The van der Waals surface area contributed by atoms with Gasteiger partial charge in [-0.25, -0.2) is 0 Å². The van der Waals surface area contributed by atoms with E-state index in [4.69, 9.17) is 0 Å². The van der Waals surface area contributed by atoms with Crippen LogP contribution in [0.1, 0.15) is 161 Å². The summed E-state index contributed by atoms with van der Waals surface area (Å²) in [6.45, 7) is 20.8. The molecule has 9 aromatic rings. The van der Waals surface area contributed by atoms with Gasteiger partial charge in [0.1, 0.15) is 0 Å². The van der Waals surface area contributed by atoms with Gasteiger partial charge in [-0.1, -0.05) is 203 Å². The summed E-state index contributed by atoms with van der Waals surface area (Å²) in [5.41, 5.74) is 22.7. The molecule has 0 radical (unpaired) electrons. The molecule has 2 aliphatic carbocycles. The lowest BCUT2D eigenvalue weighted by Gasteiger charge is -2.54. The van der Waals surface area contributed by atoms with Gasteiger partial charge in [0, 0.05) is 72.8 Å². The highest BCUT2D eigenvalue weighted by Gasteiger charge is 2.52. The smallest absolute Gasteiger partial charge is 0.0461 e. The van der Waals surface area contributed by atoms with Crippen molar-refractivity contribution in [3.8, 4) is 0 Å². The van der Waals surface area contributed by atoms with Crippen LogP contribution in [0.4, 0.5) is 51.2 Å². The van der Waals surface area contributed by atoms with E-state index in [2.05, 4.69) is 295 Å². The highest BCUT2D eigenvalue weighted by atomic mass is 15.2. The molecule has 3 heteroatoms. The molecule has 3 nitrogen and oxygen atoms in total. The first-order valence-corrected chi connectivity index (χ1v) is 31.5. The van der Waals surface area contributed by atoms with Crippen LogP contribution < -0.4 is 14.7 Å². The fourth-order valence-corrected chi connectivity index (χ4v) is 15.5. The summed E-state index contributed by atoms with van der Waals surface area (Å²) >= 11 is 0. The zero-order valence-corrected chi connectivity index (χ0v) is 51.3. The van der Waals surface area contributed by atoms with Gasteiger partial charge in [0.05, 0.1) is 0 Å². The number of nitrogens with zero attached hydrogens (tertiary/aromatic N) is 3. The van der Waals surface area contributed by atoms with Crippen LogP contribution in [0.5, 0.6) is 0 Å². The van der Waals surface area contributed by atoms with Crippen molar-refractivity contribution in [1.29, 1.82) is 0 Å². The van der Waals surface area contributed by atoms with Gasteiger partial charge >= 0.3 is 0 Å². The van der Waals surface area contributed by atoms with Crippen molar-refractivity contribution in [3.05, 3.63) is 268 Å². The number of hydrogen-bond donors (Lipinski definition) is 0. The highest BCUT2D eigenvalue weighted by molar-refractivity contribution is 5.80. The van der Waals surface area contributed by atoms with E-state index < -0.39 is 0 Å². The Kier molecular flexibility index (Phi) is 16.7. The number of benzene rings is 9. The molecule has 83 heavy (non-hydrogen) atoms. The van der Waals surface area contributed by atoms with Crippen molar-refractivity contribution in [2.45, 2.75) is 167 Å². The van der Waals surface area contributed by atoms with E-state index in [9.17, 15) is 0 Å². The second-order valence-electron chi connectivity index (χ2n) is 25.1. The van der Waals surface area contributed by atoms with Crippen LogP contribution in [-0.4, -0.2) is 0 Å². The second kappa shape index (κ2) is 24.3. The van der Waals surface area contributed by atoms with Crippen molar-refractivity contribution in [2.75, 3.05) is 14.7 Å². The molecule has 0 aliphatic heterocycles. The van der Waals surface area contributed by atoms with Gasteiger partial charge in [-0.05, 0) is 211 Å².